The van der Waals surface area contributed by atoms with Crippen LogP contribution in [0.15, 0.2) is 36.4 Å². The lowest BCUT2D eigenvalue weighted by atomic mass is 9.87. The van der Waals surface area contributed by atoms with Gasteiger partial charge in [-0.25, -0.2) is 0 Å². The molecular weight excluding hydrogens is 244 g/mol. The summed E-state index contributed by atoms with van der Waals surface area (Å²) in [4.78, 5) is 0.949. The van der Waals surface area contributed by atoms with Crippen LogP contribution < -0.4 is 9.47 Å². The highest BCUT2D eigenvalue weighted by Crippen LogP contribution is 2.36. The molecule has 0 aliphatic heterocycles. The van der Waals surface area contributed by atoms with Gasteiger partial charge in [-0.1, -0.05) is 31.3 Å². The fourth-order valence-corrected chi connectivity index (χ4v) is 2.25. The molecule has 0 N–H and O–H groups in total. The van der Waals surface area contributed by atoms with Gasteiger partial charge in [0.05, 0.1) is 14.2 Å². The molecule has 0 saturated carbocycles. The summed E-state index contributed by atoms with van der Waals surface area (Å²) in [6, 6.07) is 5.85. The Bertz CT molecular complexity index is 529. The molecule has 0 bridgehead atoms. The molecule has 0 saturated heterocycles. The van der Waals surface area contributed by atoms with E-state index in [0.717, 1.165) is 21.9 Å². The van der Waals surface area contributed by atoms with Crippen molar-refractivity contribution in [2.45, 2.75) is 6.92 Å². The topological polar surface area (TPSA) is 18.5 Å². The molecule has 1 aromatic carbocycles. The zero-order valence-corrected chi connectivity index (χ0v) is 11.6. The lowest BCUT2D eigenvalue weighted by molar-refractivity contribution is 0.393. The third kappa shape index (κ3) is 2.31. The van der Waals surface area contributed by atoms with E-state index in [-0.39, 0.29) is 5.92 Å². The molecule has 18 heavy (non-hydrogen) atoms. The van der Waals surface area contributed by atoms with Crippen LogP contribution in [0.25, 0.3) is 5.57 Å². The molecule has 2 rings (SSSR count). The van der Waals surface area contributed by atoms with Crippen molar-refractivity contribution in [1.82, 2.24) is 0 Å². The van der Waals surface area contributed by atoms with Gasteiger partial charge in [0.2, 0.25) is 0 Å². The molecule has 0 heterocycles. The third-order valence-corrected chi connectivity index (χ3v) is 3.64. The first-order valence-corrected chi connectivity index (χ1v) is 6.22. The fourth-order valence-electron chi connectivity index (χ4n) is 2.05. The minimum atomic E-state index is 0.229. The maximum atomic E-state index is 5.44. The van der Waals surface area contributed by atoms with Crippen molar-refractivity contribution in [3.8, 4) is 11.5 Å². The summed E-state index contributed by atoms with van der Waals surface area (Å²) in [5.41, 5.74) is 2.25. The zero-order chi connectivity index (χ0) is 13.1. The van der Waals surface area contributed by atoms with Crippen LogP contribution in [0.3, 0.4) is 0 Å². The van der Waals surface area contributed by atoms with E-state index < -0.39 is 0 Å². The molecule has 1 aromatic rings. The van der Waals surface area contributed by atoms with Gasteiger partial charge in [-0.3, -0.25) is 0 Å². The third-order valence-electron chi connectivity index (χ3n) is 3.15. The predicted octanol–water partition coefficient (Wildman–Crippen LogP) is 3.66. The van der Waals surface area contributed by atoms with E-state index in [9.17, 15) is 0 Å². The molecule has 0 amide bonds. The summed E-state index contributed by atoms with van der Waals surface area (Å²) in [5.74, 6) is 1.83. The first-order chi connectivity index (χ1) is 8.67. The second-order valence-electron chi connectivity index (χ2n) is 4.17. The molecule has 1 atom stereocenters. The number of benzene rings is 1. The number of allylic oxidation sites excluding steroid dienone is 4. The maximum Gasteiger partial charge on any atom is 0.130 e. The Balaban J connectivity index is 2.48. The first kappa shape index (κ1) is 12.8. The molecule has 0 aromatic heterocycles. The Labute approximate surface area is 113 Å². The van der Waals surface area contributed by atoms with Gasteiger partial charge in [-0.2, -0.15) is 0 Å². The van der Waals surface area contributed by atoms with Crippen LogP contribution in [0.2, 0.25) is 0 Å². The lowest BCUT2D eigenvalue weighted by Gasteiger charge is -2.20. The molecule has 94 valence electrons. The Hall–Kier alpha value is -1.61. The van der Waals surface area contributed by atoms with Gasteiger partial charge in [-0.15, -0.1) is 0 Å². The van der Waals surface area contributed by atoms with Gasteiger partial charge in [0.25, 0.3) is 0 Å². The van der Waals surface area contributed by atoms with Crippen LogP contribution >= 0.6 is 12.2 Å². The number of ether oxygens (including phenoxy) is 2. The van der Waals surface area contributed by atoms with E-state index in [1.54, 1.807) is 14.2 Å². The van der Waals surface area contributed by atoms with Crippen LogP contribution in [0, 0.1) is 5.92 Å². The molecule has 1 aliphatic carbocycles. The van der Waals surface area contributed by atoms with Gasteiger partial charge >= 0.3 is 0 Å². The Morgan fingerprint density at radius 1 is 1.17 bits per heavy atom. The molecule has 1 unspecified atom stereocenters. The number of hydrogen-bond donors (Lipinski definition) is 0. The van der Waals surface area contributed by atoms with Crippen LogP contribution in [0.5, 0.6) is 11.5 Å². The average Bonchev–Trinajstić information content (AvgIpc) is 2.41. The van der Waals surface area contributed by atoms with Crippen LogP contribution in [-0.2, 0) is 0 Å². The standard InChI is InChI=1S/C15H16O2S/c1-10-12(5-4-6-15(10)18)13-8-7-11(16-2)9-14(13)17-3/h4-10H,1-3H3. The number of methoxy groups -OCH3 is 2. The Morgan fingerprint density at radius 2 is 1.94 bits per heavy atom. The minimum absolute atomic E-state index is 0.229. The summed E-state index contributed by atoms with van der Waals surface area (Å²) in [6.07, 6.45) is 6.05. The highest BCUT2D eigenvalue weighted by atomic mass is 32.1. The van der Waals surface area contributed by atoms with Gasteiger partial charge in [0.1, 0.15) is 11.5 Å². The van der Waals surface area contributed by atoms with Crippen molar-refractivity contribution in [2.75, 3.05) is 14.2 Å². The molecule has 0 fully saturated rings. The Kier molecular flexibility index (Phi) is 3.82. The minimum Gasteiger partial charge on any atom is -0.497 e. The van der Waals surface area contributed by atoms with E-state index >= 15 is 0 Å². The summed E-state index contributed by atoms with van der Waals surface area (Å²) in [7, 11) is 3.31. The normalized spacial score (nSPS) is 18.5. The molecule has 0 radical (unpaired) electrons. The molecular formula is C15H16O2S. The summed E-state index contributed by atoms with van der Waals surface area (Å²) in [6.45, 7) is 2.11. The van der Waals surface area contributed by atoms with Crippen molar-refractivity contribution in [2.24, 2.45) is 5.92 Å². The number of rotatable bonds is 3. The van der Waals surface area contributed by atoms with Crippen molar-refractivity contribution in [3.05, 3.63) is 42.0 Å². The SMILES string of the molecule is COc1ccc(C2=CC=CC(=S)C2C)c(OC)c1. The van der Waals surface area contributed by atoms with Gasteiger partial charge in [-0.05, 0) is 23.8 Å². The second kappa shape index (κ2) is 5.36. The number of thiocarbonyl (C=S) groups is 1. The molecule has 3 heteroatoms. The monoisotopic (exact) mass is 260 g/mol. The van der Waals surface area contributed by atoms with E-state index in [0.29, 0.717) is 0 Å². The highest BCUT2D eigenvalue weighted by Gasteiger charge is 2.19. The van der Waals surface area contributed by atoms with E-state index in [4.69, 9.17) is 21.7 Å². The lowest BCUT2D eigenvalue weighted by Crippen LogP contribution is -2.11. The summed E-state index contributed by atoms with van der Waals surface area (Å²) < 4.78 is 10.6. The van der Waals surface area contributed by atoms with Crippen LogP contribution in [0.4, 0.5) is 0 Å². The zero-order valence-electron chi connectivity index (χ0n) is 10.8. The van der Waals surface area contributed by atoms with Gasteiger partial charge < -0.3 is 9.47 Å². The van der Waals surface area contributed by atoms with E-state index in [2.05, 4.69) is 13.0 Å². The van der Waals surface area contributed by atoms with Crippen molar-refractivity contribution >= 4 is 22.7 Å². The Morgan fingerprint density at radius 3 is 2.61 bits per heavy atom. The fraction of sp³-hybridized carbons (Fsp3) is 0.267. The predicted molar refractivity (Wildman–Crippen MR) is 78.4 cm³/mol. The first-order valence-electron chi connectivity index (χ1n) is 5.82. The summed E-state index contributed by atoms with van der Waals surface area (Å²) in [5, 5.41) is 0. The highest BCUT2D eigenvalue weighted by molar-refractivity contribution is 7.80. The van der Waals surface area contributed by atoms with Crippen LogP contribution in [0.1, 0.15) is 12.5 Å². The van der Waals surface area contributed by atoms with Crippen molar-refractivity contribution in [1.29, 1.82) is 0 Å². The average molecular weight is 260 g/mol. The maximum absolute atomic E-state index is 5.44. The molecule has 1 aliphatic rings. The van der Waals surface area contributed by atoms with E-state index in [1.165, 1.54) is 5.57 Å². The van der Waals surface area contributed by atoms with E-state index in [1.807, 2.05) is 30.4 Å². The van der Waals surface area contributed by atoms with Gasteiger partial charge in [0, 0.05) is 22.4 Å². The molecule has 0 spiro atoms. The van der Waals surface area contributed by atoms with Gasteiger partial charge in [0.15, 0.2) is 0 Å². The largest absolute Gasteiger partial charge is 0.497 e. The van der Waals surface area contributed by atoms with Crippen molar-refractivity contribution < 1.29 is 9.47 Å². The second-order valence-corrected chi connectivity index (χ2v) is 4.64. The van der Waals surface area contributed by atoms with Crippen LogP contribution in [-0.4, -0.2) is 19.1 Å². The smallest absolute Gasteiger partial charge is 0.130 e. The number of hydrogen-bond acceptors (Lipinski definition) is 3. The quantitative estimate of drug-likeness (QED) is 0.773. The van der Waals surface area contributed by atoms with Crippen molar-refractivity contribution in [3.63, 3.8) is 0 Å². The molecule has 2 nitrogen and oxygen atoms in total. The summed E-state index contributed by atoms with van der Waals surface area (Å²) >= 11 is 5.34.